The predicted molar refractivity (Wildman–Crippen MR) is 114 cm³/mol. The van der Waals surface area contributed by atoms with Gasteiger partial charge in [-0.05, 0) is 29.7 Å². The van der Waals surface area contributed by atoms with E-state index in [0.29, 0.717) is 42.0 Å². The lowest BCUT2D eigenvalue weighted by atomic mass is 10.1. The Bertz CT molecular complexity index is 1220. The number of rotatable bonds is 5. The average Bonchev–Trinajstić information content (AvgIpc) is 2.81. The first-order chi connectivity index (χ1) is 15.0. The van der Waals surface area contributed by atoms with Crippen LogP contribution in [0.25, 0.3) is 16.6 Å². The number of aromatic nitrogens is 3. The van der Waals surface area contributed by atoms with Crippen molar-refractivity contribution >= 4 is 22.5 Å². The third kappa shape index (κ3) is 4.23. The fourth-order valence-corrected chi connectivity index (χ4v) is 3.40. The van der Waals surface area contributed by atoms with Crippen LogP contribution in [0.2, 0.25) is 0 Å². The number of fused-ring (bicyclic) bond motifs is 1. The van der Waals surface area contributed by atoms with E-state index in [1.165, 1.54) is 0 Å². The number of hydroxylamine groups is 2. The molecule has 0 saturated heterocycles. The number of carbonyl (C=O) groups excluding carboxylic acids is 1. The molecule has 0 radical (unpaired) electrons. The molecule has 1 amide bonds. The summed E-state index contributed by atoms with van der Waals surface area (Å²) in [5.74, 6) is -0.747. The molecule has 0 bridgehead atoms. The summed E-state index contributed by atoms with van der Waals surface area (Å²) in [6, 6.07) is 6.84. The minimum Gasteiger partial charge on any atom is -0.354 e. The van der Waals surface area contributed by atoms with Gasteiger partial charge < -0.3 is 10.3 Å². The van der Waals surface area contributed by atoms with Crippen LogP contribution in [-0.4, -0.2) is 46.1 Å². The number of hydrogen-bond acceptors (Lipinski definition) is 6. The highest BCUT2D eigenvalue weighted by atomic mass is 19.1. The lowest BCUT2D eigenvalue weighted by Gasteiger charge is -2.26. The summed E-state index contributed by atoms with van der Waals surface area (Å²) >= 11 is 0. The highest BCUT2D eigenvalue weighted by molar-refractivity contribution is 5.92. The third-order valence-corrected chi connectivity index (χ3v) is 5.18. The van der Waals surface area contributed by atoms with Crippen LogP contribution in [0, 0.1) is 5.82 Å². The van der Waals surface area contributed by atoms with Crippen LogP contribution < -0.4 is 10.9 Å². The van der Waals surface area contributed by atoms with Gasteiger partial charge in [-0.1, -0.05) is 25.1 Å². The lowest BCUT2D eigenvalue weighted by Crippen LogP contribution is -2.29. The van der Waals surface area contributed by atoms with Crippen molar-refractivity contribution < 1.29 is 14.0 Å². The van der Waals surface area contributed by atoms with E-state index in [2.05, 4.69) is 20.3 Å². The zero-order chi connectivity index (χ0) is 22.0. The SMILES string of the molecule is CCc1nc2ccc(CN3CC=C(c4ccc(C(=O)NC)nc4)CO3)c(F)c2[nH]c1=O. The maximum atomic E-state index is 15.0. The monoisotopic (exact) mass is 423 g/mol. The molecule has 0 saturated carbocycles. The summed E-state index contributed by atoms with van der Waals surface area (Å²) in [4.78, 5) is 40.4. The molecule has 4 rings (SSSR count). The minimum atomic E-state index is -0.503. The topological polar surface area (TPSA) is 100 Å². The second kappa shape index (κ2) is 8.75. The van der Waals surface area contributed by atoms with Gasteiger partial charge in [0, 0.05) is 25.4 Å². The number of amides is 1. The molecule has 2 aromatic heterocycles. The van der Waals surface area contributed by atoms with Crippen molar-refractivity contribution in [2.45, 2.75) is 19.9 Å². The second-order valence-electron chi connectivity index (χ2n) is 7.14. The highest BCUT2D eigenvalue weighted by Gasteiger charge is 2.18. The number of H-pyrrole nitrogens is 1. The van der Waals surface area contributed by atoms with Crippen molar-refractivity contribution in [1.82, 2.24) is 25.3 Å². The van der Waals surface area contributed by atoms with Gasteiger partial charge in [0.25, 0.3) is 11.5 Å². The number of nitrogens with zero attached hydrogens (tertiary/aromatic N) is 3. The Hall–Kier alpha value is -3.43. The summed E-state index contributed by atoms with van der Waals surface area (Å²) in [7, 11) is 1.55. The molecule has 9 heteroatoms. The van der Waals surface area contributed by atoms with Gasteiger partial charge in [0.05, 0.1) is 18.7 Å². The van der Waals surface area contributed by atoms with Gasteiger partial charge in [0.15, 0.2) is 5.82 Å². The molecule has 3 aromatic rings. The molecular weight excluding hydrogens is 401 g/mol. The number of carbonyl (C=O) groups is 1. The van der Waals surface area contributed by atoms with E-state index in [1.54, 1.807) is 36.5 Å². The molecule has 0 aliphatic carbocycles. The van der Waals surface area contributed by atoms with E-state index in [-0.39, 0.29) is 23.5 Å². The van der Waals surface area contributed by atoms with E-state index < -0.39 is 5.82 Å². The van der Waals surface area contributed by atoms with Crippen molar-refractivity contribution in [2.24, 2.45) is 0 Å². The maximum Gasteiger partial charge on any atom is 0.270 e. The molecule has 8 nitrogen and oxygen atoms in total. The molecule has 0 atom stereocenters. The first kappa shape index (κ1) is 20.8. The van der Waals surface area contributed by atoms with Crippen molar-refractivity contribution in [1.29, 1.82) is 0 Å². The number of aromatic amines is 1. The smallest absolute Gasteiger partial charge is 0.270 e. The van der Waals surface area contributed by atoms with Gasteiger partial charge in [0.2, 0.25) is 0 Å². The van der Waals surface area contributed by atoms with E-state index in [1.807, 2.05) is 19.1 Å². The van der Waals surface area contributed by atoms with Crippen molar-refractivity contribution in [3.05, 3.63) is 75.2 Å². The Balaban J connectivity index is 1.49. The fourth-order valence-electron chi connectivity index (χ4n) is 3.40. The van der Waals surface area contributed by atoms with Gasteiger partial charge >= 0.3 is 0 Å². The van der Waals surface area contributed by atoms with Crippen molar-refractivity contribution in [3.8, 4) is 0 Å². The number of halogens is 1. The van der Waals surface area contributed by atoms with Gasteiger partial charge in [-0.3, -0.25) is 19.4 Å². The summed E-state index contributed by atoms with van der Waals surface area (Å²) in [6.07, 6.45) is 4.09. The molecular formula is C22H22FN5O3. The molecule has 0 spiro atoms. The zero-order valence-electron chi connectivity index (χ0n) is 17.2. The molecule has 31 heavy (non-hydrogen) atoms. The number of hydrogen-bond donors (Lipinski definition) is 2. The molecule has 1 aliphatic heterocycles. The fraction of sp³-hybridized carbons (Fsp3) is 0.273. The summed E-state index contributed by atoms with van der Waals surface area (Å²) < 4.78 is 15.0. The first-order valence-electron chi connectivity index (χ1n) is 9.95. The Kier molecular flexibility index (Phi) is 5.88. The average molecular weight is 423 g/mol. The number of pyridine rings is 1. The standard InChI is InChI=1S/C22H22FN5O3/c1-3-16-22(30)27-20-17(26-16)6-5-14(19(20)23)11-28-9-8-15(12-31-28)13-4-7-18(25-10-13)21(29)24-2/h4-8,10H,3,9,11-12H2,1-2H3,(H,24,29)(H,27,30). The van der Waals surface area contributed by atoms with Crippen LogP contribution in [-0.2, 0) is 17.8 Å². The Morgan fingerprint density at radius 3 is 2.81 bits per heavy atom. The number of benzene rings is 1. The van der Waals surface area contributed by atoms with E-state index in [0.717, 1.165) is 11.1 Å². The summed E-state index contributed by atoms with van der Waals surface area (Å²) in [5.41, 5.74) is 3.09. The van der Waals surface area contributed by atoms with Crippen LogP contribution in [0.15, 0.2) is 41.3 Å². The lowest BCUT2D eigenvalue weighted by molar-refractivity contribution is -0.151. The largest absolute Gasteiger partial charge is 0.354 e. The maximum absolute atomic E-state index is 15.0. The molecule has 3 heterocycles. The minimum absolute atomic E-state index is 0.107. The van der Waals surface area contributed by atoms with E-state index in [4.69, 9.17) is 4.84 Å². The second-order valence-corrected chi connectivity index (χ2v) is 7.14. The number of aryl methyl sites for hydroxylation is 1. The molecule has 1 aliphatic rings. The molecule has 1 aromatic carbocycles. The van der Waals surface area contributed by atoms with Crippen molar-refractivity contribution in [2.75, 3.05) is 20.2 Å². The highest BCUT2D eigenvalue weighted by Crippen LogP contribution is 2.23. The van der Waals surface area contributed by atoms with Crippen LogP contribution in [0.5, 0.6) is 0 Å². The van der Waals surface area contributed by atoms with Crippen molar-refractivity contribution in [3.63, 3.8) is 0 Å². The number of nitrogens with one attached hydrogen (secondary N) is 2. The summed E-state index contributed by atoms with van der Waals surface area (Å²) in [5, 5.41) is 4.18. The molecule has 2 N–H and O–H groups in total. The molecule has 160 valence electrons. The first-order valence-corrected chi connectivity index (χ1v) is 9.95. The van der Waals surface area contributed by atoms with Gasteiger partial charge in [-0.25, -0.2) is 9.37 Å². The van der Waals surface area contributed by atoms with E-state index in [9.17, 15) is 14.0 Å². The van der Waals surface area contributed by atoms with Crippen LogP contribution in [0.4, 0.5) is 4.39 Å². The Morgan fingerprint density at radius 1 is 1.32 bits per heavy atom. The molecule has 0 unspecified atom stereocenters. The Labute approximate surface area is 177 Å². The van der Waals surface area contributed by atoms with Crippen LogP contribution in [0.3, 0.4) is 0 Å². The quantitative estimate of drug-likeness (QED) is 0.653. The molecule has 0 fully saturated rings. The van der Waals surface area contributed by atoms with Gasteiger partial charge in [-0.2, -0.15) is 5.06 Å². The summed E-state index contributed by atoms with van der Waals surface area (Å²) in [6.45, 7) is 2.80. The van der Waals surface area contributed by atoms with Crippen LogP contribution in [0.1, 0.15) is 34.2 Å². The van der Waals surface area contributed by atoms with Gasteiger partial charge in [-0.15, -0.1) is 0 Å². The van der Waals surface area contributed by atoms with E-state index >= 15 is 0 Å². The predicted octanol–water partition coefficient (Wildman–Crippen LogP) is 2.21. The third-order valence-electron chi connectivity index (χ3n) is 5.18. The Morgan fingerprint density at radius 2 is 2.16 bits per heavy atom. The van der Waals surface area contributed by atoms with Crippen LogP contribution >= 0.6 is 0 Å². The normalized spacial score (nSPS) is 14.5. The van der Waals surface area contributed by atoms with Gasteiger partial charge in [0.1, 0.15) is 16.9 Å². The zero-order valence-corrected chi connectivity index (χ0v) is 17.2.